The van der Waals surface area contributed by atoms with E-state index in [1.54, 1.807) is 7.05 Å². The molecular formula is C11H15N3O5S. The maximum absolute atomic E-state index is 12.4. The Balaban J connectivity index is 2.33. The van der Waals surface area contributed by atoms with Gasteiger partial charge in [0.2, 0.25) is 15.9 Å². The van der Waals surface area contributed by atoms with E-state index >= 15 is 0 Å². The van der Waals surface area contributed by atoms with Crippen molar-refractivity contribution < 1.29 is 23.1 Å². The van der Waals surface area contributed by atoms with Gasteiger partial charge in [-0.3, -0.25) is 4.79 Å². The largest absolute Gasteiger partial charge is 0.477 e. The maximum atomic E-state index is 12.4. The van der Waals surface area contributed by atoms with Crippen LogP contribution in [0.15, 0.2) is 17.2 Å². The van der Waals surface area contributed by atoms with Crippen LogP contribution >= 0.6 is 0 Å². The SMILES string of the molecule is CN1CCN(S(=O)(=O)c2cc(C(=O)O)n(C)c2)CC1=O. The van der Waals surface area contributed by atoms with Crippen LogP contribution in [0.3, 0.4) is 0 Å². The van der Waals surface area contributed by atoms with Crippen LogP contribution in [0.25, 0.3) is 0 Å². The maximum Gasteiger partial charge on any atom is 0.352 e. The Kier molecular flexibility index (Phi) is 3.57. The van der Waals surface area contributed by atoms with Gasteiger partial charge in [-0.25, -0.2) is 13.2 Å². The van der Waals surface area contributed by atoms with E-state index in [0.717, 1.165) is 10.4 Å². The smallest absolute Gasteiger partial charge is 0.352 e. The van der Waals surface area contributed by atoms with Crippen LogP contribution in [0, 0.1) is 0 Å². The fourth-order valence-corrected chi connectivity index (χ4v) is 3.43. The lowest BCUT2D eigenvalue weighted by Crippen LogP contribution is -2.50. The summed E-state index contributed by atoms with van der Waals surface area (Å²) in [6.07, 6.45) is 1.24. The van der Waals surface area contributed by atoms with Gasteiger partial charge in [0.05, 0.1) is 6.54 Å². The lowest BCUT2D eigenvalue weighted by Gasteiger charge is -2.30. The number of carboxylic acid groups (broad SMARTS) is 1. The first-order valence-electron chi connectivity index (χ1n) is 5.87. The second-order valence-electron chi connectivity index (χ2n) is 4.63. The molecule has 0 spiro atoms. The molecule has 1 N–H and O–H groups in total. The molecule has 1 aromatic heterocycles. The van der Waals surface area contributed by atoms with Gasteiger partial charge in [0, 0.05) is 33.4 Å². The molecular weight excluding hydrogens is 286 g/mol. The molecule has 0 saturated carbocycles. The standard InChI is InChI=1S/C11H15N3O5S/c1-12-3-4-14(7-10(12)15)20(18,19)8-5-9(11(16)17)13(2)6-8/h5-6H,3-4,7H2,1-2H3,(H,16,17). The topological polar surface area (TPSA) is 99.9 Å². The minimum absolute atomic E-state index is 0.116. The lowest BCUT2D eigenvalue weighted by atomic mass is 10.4. The van der Waals surface area contributed by atoms with Crippen molar-refractivity contribution in [1.29, 1.82) is 0 Å². The zero-order chi connectivity index (χ0) is 15.1. The van der Waals surface area contributed by atoms with Gasteiger partial charge in [-0.1, -0.05) is 0 Å². The van der Waals surface area contributed by atoms with E-state index in [9.17, 15) is 18.0 Å². The van der Waals surface area contributed by atoms with Crippen LogP contribution in [0.4, 0.5) is 0 Å². The van der Waals surface area contributed by atoms with Gasteiger partial charge in [0.25, 0.3) is 0 Å². The van der Waals surface area contributed by atoms with E-state index in [0.29, 0.717) is 6.54 Å². The van der Waals surface area contributed by atoms with Gasteiger partial charge >= 0.3 is 5.97 Å². The summed E-state index contributed by atoms with van der Waals surface area (Å²) in [7, 11) is -0.787. The number of likely N-dealkylation sites (N-methyl/N-ethyl adjacent to an activating group) is 1. The number of piperazine rings is 1. The highest BCUT2D eigenvalue weighted by molar-refractivity contribution is 7.89. The Morgan fingerprint density at radius 1 is 1.30 bits per heavy atom. The number of aromatic carboxylic acids is 1. The van der Waals surface area contributed by atoms with Crippen LogP contribution in [0.1, 0.15) is 10.5 Å². The van der Waals surface area contributed by atoms with Gasteiger partial charge < -0.3 is 14.6 Å². The van der Waals surface area contributed by atoms with Crippen molar-refractivity contribution in [3.05, 3.63) is 18.0 Å². The summed E-state index contributed by atoms with van der Waals surface area (Å²) in [5.74, 6) is -1.49. The third-order valence-electron chi connectivity index (χ3n) is 3.26. The van der Waals surface area contributed by atoms with Gasteiger partial charge in [-0.05, 0) is 6.07 Å². The van der Waals surface area contributed by atoms with Crippen LogP contribution < -0.4 is 0 Å². The van der Waals surface area contributed by atoms with E-state index in [1.165, 1.54) is 22.7 Å². The van der Waals surface area contributed by atoms with Crippen molar-refractivity contribution in [2.24, 2.45) is 7.05 Å². The van der Waals surface area contributed by atoms with E-state index in [2.05, 4.69) is 0 Å². The Labute approximate surface area is 116 Å². The molecule has 1 saturated heterocycles. The predicted molar refractivity (Wildman–Crippen MR) is 68.8 cm³/mol. The lowest BCUT2D eigenvalue weighted by molar-refractivity contribution is -0.132. The molecule has 1 fully saturated rings. The molecule has 20 heavy (non-hydrogen) atoms. The van der Waals surface area contributed by atoms with Crippen molar-refractivity contribution >= 4 is 21.9 Å². The first-order chi connectivity index (χ1) is 9.23. The summed E-state index contributed by atoms with van der Waals surface area (Å²) in [5, 5.41) is 8.94. The molecule has 8 nitrogen and oxygen atoms in total. The summed E-state index contributed by atoms with van der Waals surface area (Å²) in [4.78, 5) is 23.9. The molecule has 0 atom stereocenters. The minimum Gasteiger partial charge on any atom is -0.477 e. The third kappa shape index (κ3) is 2.41. The highest BCUT2D eigenvalue weighted by Crippen LogP contribution is 2.20. The summed E-state index contributed by atoms with van der Waals surface area (Å²) in [6.45, 7) is 0.286. The third-order valence-corrected chi connectivity index (χ3v) is 5.07. The molecule has 9 heteroatoms. The van der Waals surface area contributed by atoms with Gasteiger partial charge in [-0.2, -0.15) is 4.31 Å². The molecule has 110 valence electrons. The normalized spacial score (nSPS) is 17.5. The number of hydrogen-bond acceptors (Lipinski definition) is 4. The zero-order valence-corrected chi connectivity index (χ0v) is 11.9. The number of rotatable bonds is 3. The van der Waals surface area contributed by atoms with E-state index in [1.807, 2.05) is 0 Å². The van der Waals surface area contributed by atoms with Crippen LogP contribution in [0.2, 0.25) is 0 Å². The molecule has 1 aliphatic heterocycles. The molecule has 1 aliphatic rings. The Morgan fingerprint density at radius 2 is 1.95 bits per heavy atom. The monoisotopic (exact) mass is 301 g/mol. The number of aryl methyl sites for hydroxylation is 1. The fraction of sp³-hybridized carbons (Fsp3) is 0.455. The number of nitrogens with zero attached hydrogens (tertiary/aromatic N) is 3. The number of carboxylic acids is 1. The predicted octanol–water partition coefficient (Wildman–Crippen LogP) is -0.814. The molecule has 1 amide bonds. The molecule has 2 rings (SSSR count). The molecule has 0 bridgehead atoms. The van der Waals surface area contributed by atoms with Crippen molar-refractivity contribution in [2.75, 3.05) is 26.7 Å². The number of amides is 1. The second-order valence-corrected chi connectivity index (χ2v) is 6.57. The van der Waals surface area contributed by atoms with Crippen LogP contribution in [-0.4, -0.2) is 65.9 Å². The Bertz CT molecular complexity index is 664. The quantitative estimate of drug-likeness (QED) is 0.786. The molecule has 0 radical (unpaired) electrons. The summed E-state index contributed by atoms with van der Waals surface area (Å²) < 4.78 is 27.0. The van der Waals surface area contributed by atoms with Gasteiger partial charge in [0.15, 0.2) is 0 Å². The van der Waals surface area contributed by atoms with Crippen molar-refractivity contribution in [2.45, 2.75) is 4.90 Å². The first-order valence-corrected chi connectivity index (χ1v) is 7.31. The molecule has 2 heterocycles. The average molecular weight is 301 g/mol. The zero-order valence-electron chi connectivity index (χ0n) is 11.1. The van der Waals surface area contributed by atoms with Gasteiger partial charge in [-0.15, -0.1) is 0 Å². The number of sulfonamides is 1. The molecule has 1 aromatic rings. The van der Waals surface area contributed by atoms with E-state index in [4.69, 9.17) is 5.11 Å². The average Bonchev–Trinajstić information content (AvgIpc) is 2.75. The Hall–Kier alpha value is -1.87. The highest BCUT2D eigenvalue weighted by Gasteiger charge is 2.32. The number of aromatic nitrogens is 1. The first kappa shape index (κ1) is 14.5. The number of hydrogen-bond donors (Lipinski definition) is 1. The molecule has 0 unspecified atom stereocenters. The van der Waals surface area contributed by atoms with Crippen molar-refractivity contribution in [3.8, 4) is 0 Å². The van der Waals surface area contributed by atoms with Crippen LogP contribution in [-0.2, 0) is 21.9 Å². The van der Waals surface area contributed by atoms with Crippen LogP contribution in [0.5, 0.6) is 0 Å². The Morgan fingerprint density at radius 3 is 2.45 bits per heavy atom. The number of carbonyl (C=O) groups is 2. The van der Waals surface area contributed by atoms with E-state index < -0.39 is 16.0 Å². The molecule has 0 aromatic carbocycles. The highest BCUT2D eigenvalue weighted by atomic mass is 32.2. The second kappa shape index (κ2) is 4.91. The summed E-state index contributed by atoms with van der Waals surface area (Å²) in [6, 6.07) is 1.10. The van der Waals surface area contributed by atoms with Gasteiger partial charge in [0.1, 0.15) is 10.6 Å². The molecule has 0 aliphatic carbocycles. The van der Waals surface area contributed by atoms with Crippen molar-refractivity contribution in [1.82, 2.24) is 13.8 Å². The summed E-state index contributed by atoms with van der Waals surface area (Å²) >= 11 is 0. The summed E-state index contributed by atoms with van der Waals surface area (Å²) in [5.41, 5.74) is -0.121. The minimum atomic E-state index is -3.85. The number of carbonyl (C=O) groups excluding carboxylic acids is 1. The van der Waals surface area contributed by atoms with Crippen molar-refractivity contribution in [3.63, 3.8) is 0 Å². The fourth-order valence-electron chi connectivity index (χ4n) is 1.98. The van der Waals surface area contributed by atoms with E-state index in [-0.39, 0.29) is 29.6 Å².